The van der Waals surface area contributed by atoms with Gasteiger partial charge in [-0.2, -0.15) is 5.43 Å². The molecule has 5 heteroatoms. The fraction of sp³-hybridized carbons (Fsp3) is 0.588. The Balaban J connectivity index is 1.88. The van der Waals surface area contributed by atoms with Gasteiger partial charge in [-0.15, -0.1) is 0 Å². The van der Waals surface area contributed by atoms with Gasteiger partial charge in [-0.05, 0) is 49.9 Å². The molecule has 2 aliphatic heterocycles. The van der Waals surface area contributed by atoms with Gasteiger partial charge in [0.05, 0.1) is 13.6 Å². The molecule has 2 aliphatic rings. The maximum absolute atomic E-state index is 13.0. The molecule has 0 bridgehead atoms. The maximum atomic E-state index is 13.0. The van der Waals surface area contributed by atoms with Gasteiger partial charge in [0, 0.05) is 30.2 Å². The van der Waals surface area contributed by atoms with Crippen molar-refractivity contribution in [3.05, 3.63) is 28.3 Å². The number of likely N-dealkylation sites (N-methyl/N-ethyl adjacent to an activating group) is 1. The third kappa shape index (κ3) is 2.64. The van der Waals surface area contributed by atoms with Crippen LogP contribution in [0.25, 0.3) is 0 Å². The average molecular weight is 323 g/mol. The minimum atomic E-state index is 0.0229. The van der Waals surface area contributed by atoms with E-state index in [4.69, 9.17) is 11.6 Å². The average Bonchev–Trinajstić information content (AvgIpc) is 2.81. The molecule has 3 rings (SSSR count). The van der Waals surface area contributed by atoms with Crippen molar-refractivity contribution in [2.75, 3.05) is 31.6 Å². The summed E-state index contributed by atoms with van der Waals surface area (Å²) in [5, 5.41) is 0.735. The molecule has 2 saturated heterocycles. The zero-order valence-corrected chi connectivity index (χ0v) is 14.4. The lowest BCUT2D eigenvalue weighted by atomic mass is 10.1. The lowest BCUT2D eigenvalue weighted by Gasteiger charge is -2.41. The van der Waals surface area contributed by atoms with Gasteiger partial charge >= 0.3 is 0 Å². The van der Waals surface area contributed by atoms with Crippen molar-refractivity contribution in [2.45, 2.75) is 39.2 Å². The first-order valence-corrected chi connectivity index (χ1v) is 8.48. The van der Waals surface area contributed by atoms with Crippen molar-refractivity contribution in [3.8, 4) is 0 Å². The number of carbonyl (C=O) groups is 1. The largest absolute Gasteiger partial charge is 0.306 e. The van der Waals surface area contributed by atoms with Crippen LogP contribution in [0.1, 0.15) is 30.4 Å². The third-order valence-electron chi connectivity index (χ3n) is 5.11. The molecule has 0 spiro atoms. The summed E-state index contributed by atoms with van der Waals surface area (Å²) in [6.45, 7) is 6.89. The Morgan fingerprint density at radius 2 is 1.95 bits per heavy atom. The summed E-state index contributed by atoms with van der Waals surface area (Å²) < 4.78 is 0.682. The second kappa shape index (κ2) is 5.84. The predicted octanol–water partition coefficient (Wildman–Crippen LogP) is 2.81. The quantitative estimate of drug-likeness (QED) is 0.849. The molecule has 2 heterocycles. The van der Waals surface area contributed by atoms with E-state index in [2.05, 4.69) is 12.5 Å². The van der Waals surface area contributed by atoms with Gasteiger partial charge < -0.3 is 4.90 Å². The first kappa shape index (κ1) is 15.8. The predicted molar refractivity (Wildman–Crippen MR) is 90.0 cm³/mol. The third-order valence-corrected chi connectivity index (χ3v) is 5.33. The lowest BCUT2D eigenvalue weighted by Crippen LogP contribution is -2.65. The van der Waals surface area contributed by atoms with Crippen LogP contribution in [0, 0.1) is 13.8 Å². The topological polar surface area (TPSA) is 32.3 Å². The molecule has 2 atom stereocenters. The van der Waals surface area contributed by atoms with E-state index in [1.165, 1.54) is 12.8 Å². The Morgan fingerprint density at radius 3 is 2.55 bits per heavy atom. The van der Waals surface area contributed by atoms with Crippen molar-refractivity contribution in [1.82, 2.24) is 5.43 Å². The highest BCUT2D eigenvalue weighted by atomic mass is 35.5. The van der Waals surface area contributed by atoms with E-state index in [9.17, 15) is 4.79 Å². The van der Waals surface area contributed by atoms with Crippen molar-refractivity contribution >= 4 is 23.2 Å². The number of nitrogens with zero attached hydrogens (tertiary/aromatic N) is 2. The Bertz CT molecular complexity index is 573. The zero-order valence-electron chi connectivity index (χ0n) is 13.7. The molecule has 1 aromatic rings. The van der Waals surface area contributed by atoms with E-state index in [0.29, 0.717) is 4.59 Å². The van der Waals surface area contributed by atoms with Gasteiger partial charge in [-0.25, -0.2) is 4.59 Å². The summed E-state index contributed by atoms with van der Waals surface area (Å²) in [6.07, 6.45) is 3.30. The van der Waals surface area contributed by atoms with Crippen molar-refractivity contribution < 1.29 is 9.39 Å². The van der Waals surface area contributed by atoms with Crippen LogP contribution in [-0.2, 0) is 4.79 Å². The molecule has 0 radical (unpaired) electrons. The molecule has 0 aromatic heterocycles. The van der Waals surface area contributed by atoms with Crippen LogP contribution in [0.4, 0.5) is 5.69 Å². The molecule has 2 fully saturated rings. The number of anilines is 1. The van der Waals surface area contributed by atoms with E-state index in [-0.39, 0.29) is 11.9 Å². The smallest absolute Gasteiger partial charge is 0.287 e. The van der Waals surface area contributed by atoms with Crippen LogP contribution in [0.2, 0.25) is 5.02 Å². The maximum Gasteiger partial charge on any atom is 0.287 e. The molecule has 1 N–H and O–H groups in total. The highest BCUT2D eigenvalue weighted by molar-refractivity contribution is 6.30. The normalized spacial score (nSPS) is 29.2. The second-order valence-corrected chi connectivity index (χ2v) is 7.23. The molecule has 120 valence electrons. The first-order chi connectivity index (χ1) is 10.4. The number of rotatable bonds is 2. The monoisotopic (exact) mass is 322 g/mol. The Kier molecular flexibility index (Phi) is 4.19. The van der Waals surface area contributed by atoms with E-state index in [0.717, 1.165) is 47.9 Å². The van der Waals surface area contributed by atoms with Crippen LogP contribution >= 0.6 is 11.6 Å². The molecule has 4 nitrogen and oxygen atoms in total. The summed E-state index contributed by atoms with van der Waals surface area (Å²) in [5.74, 6) is 0.241. The molecule has 1 amide bonds. The van der Waals surface area contributed by atoms with E-state index < -0.39 is 0 Å². The highest BCUT2D eigenvalue weighted by Gasteiger charge is 2.47. The summed E-state index contributed by atoms with van der Waals surface area (Å²) in [6, 6.07) is 3.91. The Hall–Kier alpha value is -1.10. The molecular weight excluding hydrogens is 298 g/mol. The van der Waals surface area contributed by atoms with Crippen LogP contribution in [0.5, 0.6) is 0 Å². The number of benzene rings is 1. The number of amides is 1. The molecule has 2 unspecified atom stereocenters. The van der Waals surface area contributed by atoms with Crippen molar-refractivity contribution in [3.63, 3.8) is 0 Å². The Morgan fingerprint density at radius 1 is 1.27 bits per heavy atom. The molecule has 1 aromatic carbocycles. The van der Waals surface area contributed by atoms with Crippen LogP contribution in [0.15, 0.2) is 12.1 Å². The van der Waals surface area contributed by atoms with Gasteiger partial charge in [0.1, 0.15) is 0 Å². The molecule has 0 saturated carbocycles. The lowest BCUT2D eigenvalue weighted by molar-refractivity contribution is -0.969. The number of carbonyl (C=O) groups excluding carboxylic acids is 1. The van der Waals surface area contributed by atoms with Crippen molar-refractivity contribution in [2.24, 2.45) is 0 Å². The fourth-order valence-electron chi connectivity index (χ4n) is 3.99. The zero-order chi connectivity index (χ0) is 15.9. The van der Waals surface area contributed by atoms with E-state index >= 15 is 0 Å². The molecule has 0 aliphatic carbocycles. The summed E-state index contributed by atoms with van der Waals surface area (Å²) >= 11 is 6.12. The van der Waals surface area contributed by atoms with Gasteiger partial charge in [0.15, 0.2) is 6.04 Å². The summed E-state index contributed by atoms with van der Waals surface area (Å²) in [4.78, 5) is 15.0. The fourth-order valence-corrected chi connectivity index (χ4v) is 4.32. The number of halogens is 1. The Labute approximate surface area is 137 Å². The van der Waals surface area contributed by atoms with Crippen LogP contribution < -0.4 is 10.3 Å². The van der Waals surface area contributed by atoms with Crippen LogP contribution in [0.3, 0.4) is 0 Å². The highest BCUT2D eigenvalue weighted by Crippen LogP contribution is 2.33. The van der Waals surface area contributed by atoms with Gasteiger partial charge in [0.25, 0.3) is 5.91 Å². The SMILES string of the molecule is Cc1cc(Cl)cc(C)c1N1CCC([N+]2(C)CCCCN2)C1=O. The van der Waals surface area contributed by atoms with E-state index in [1.54, 1.807) is 0 Å². The number of hydrogen-bond donors (Lipinski definition) is 1. The second-order valence-electron chi connectivity index (χ2n) is 6.79. The standard InChI is InChI=1S/C17H25ClN3O/c1-12-10-14(18)11-13(2)16(12)20-8-6-15(17(20)22)21(3)9-5-4-7-19-21/h10-11,15,19H,4-9H2,1-3H3/q+1. The van der Waals surface area contributed by atoms with Gasteiger partial charge in [0.2, 0.25) is 0 Å². The number of hydrogen-bond acceptors (Lipinski definition) is 2. The van der Waals surface area contributed by atoms with Crippen LogP contribution in [-0.4, -0.2) is 43.2 Å². The number of quaternary nitrogens is 1. The number of nitrogens with one attached hydrogen (secondary N) is 1. The molecule has 22 heavy (non-hydrogen) atoms. The molecular formula is C17H25ClN3O+. The minimum absolute atomic E-state index is 0.0229. The minimum Gasteiger partial charge on any atom is -0.306 e. The van der Waals surface area contributed by atoms with Gasteiger partial charge in [-0.1, -0.05) is 11.6 Å². The van der Waals surface area contributed by atoms with E-state index in [1.807, 2.05) is 30.9 Å². The van der Waals surface area contributed by atoms with Gasteiger partial charge in [-0.3, -0.25) is 4.79 Å². The summed E-state index contributed by atoms with van der Waals surface area (Å²) in [5.41, 5.74) is 6.74. The first-order valence-electron chi connectivity index (χ1n) is 8.11. The summed E-state index contributed by atoms with van der Waals surface area (Å²) in [7, 11) is 2.16. The van der Waals surface area contributed by atoms with Crippen molar-refractivity contribution in [1.29, 1.82) is 0 Å². The number of aryl methyl sites for hydroxylation is 2.